The van der Waals surface area contributed by atoms with Crippen LogP contribution in [-0.4, -0.2) is 0 Å². The molecule has 3 aromatic carbocycles. The van der Waals surface area contributed by atoms with E-state index in [1.807, 2.05) is 0 Å². The monoisotopic (exact) mass is 446 g/mol. The molecule has 2 aromatic heterocycles. The zero-order valence-corrected chi connectivity index (χ0v) is 21.2. The molecule has 0 spiro atoms. The summed E-state index contributed by atoms with van der Waals surface area (Å²) in [7, 11) is 2.15. The first-order valence-electron chi connectivity index (χ1n) is 12.3. The molecule has 34 heavy (non-hydrogen) atoms. The number of aryl methyl sites for hydroxylation is 3. The Balaban J connectivity index is 1.65. The number of hydrogen-bond acceptors (Lipinski definition) is 1. The zero-order chi connectivity index (χ0) is 23.9. The molecule has 5 aromatic rings. The minimum absolute atomic E-state index is 0.0204. The van der Waals surface area contributed by atoms with Crippen LogP contribution >= 0.6 is 0 Å². The van der Waals surface area contributed by atoms with Crippen molar-refractivity contribution >= 4 is 21.9 Å². The predicted molar refractivity (Wildman–Crippen MR) is 141 cm³/mol. The van der Waals surface area contributed by atoms with E-state index in [1.54, 1.807) is 0 Å². The molecule has 0 saturated carbocycles. The molecule has 0 atom stereocenters. The second-order valence-electron chi connectivity index (χ2n) is 10.9. The standard InChI is InChI=1S/C32H32NO/c1-18(2)25-17-33(7)28(14-20(25)4)30-19(3)12-13-22-24-15-27-23(16-29(24)34-31(22)30)21-10-8-9-11-26(21)32(27,5)6/h8-18H,1-7H3/q+1. The van der Waals surface area contributed by atoms with E-state index >= 15 is 0 Å². The molecule has 0 amide bonds. The number of benzene rings is 3. The van der Waals surface area contributed by atoms with Gasteiger partial charge in [-0.15, -0.1) is 0 Å². The average molecular weight is 447 g/mol. The van der Waals surface area contributed by atoms with Crippen molar-refractivity contribution in [2.45, 2.75) is 52.9 Å². The van der Waals surface area contributed by atoms with Gasteiger partial charge >= 0.3 is 0 Å². The Morgan fingerprint density at radius 3 is 2.35 bits per heavy atom. The van der Waals surface area contributed by atoms with Crippen LogP contribution in [0.25, 0.3) is 44.3 Å². The summed E-state index contributed by atoms with van der Waals surface area (Å²) in [6, 6.07) is 20.2. The van der Waals surface area contributed by atoms with Gasteiger partial charge in [0.15, 0.2) is 6.20 Å². The van der Waals surface area contributed by atoms with Crippen LogP contribution in [0, 0.1) is 13.8 Å². The van der Waals surface area contributed by atoms with Crippen molar-refractivity contribution < 1.29 is 8.98 Å². The van der Waals surface area contributed by atoms with Gasteiger partial charge in [0.1, 0.15) is 18.2 Å². The van der Waals surface area contributed by atoms with Crippen LogP contribution < -0.4 is 4.57 Å². The zero-order valence-electron chi connectivity index (χ0n) is 21.2. The highest BCUT2D eigenvalue weighted by atomic mass is 16.3. The van der Waals surface area contributed by atoms with Crippen LogP contribution in [-0.2, 0) is 12.5 Å². The lowest BCUT2D eigenvalue weighted by molar-refractivity contribution is -0.660. The molecule has 170 valence electrons. The molecule has 0 radical (unpaired) electrons. The molecule has 1 aliphatic rings. The van der Waals surface area contributed by atoms with E-state index < -0.39 is 0 Å². The molecule has 1 aliphatic carbocycles. The highest BCUT2D eigenvalue weighted by Gasteiger charge is 2.36. The van der Waals surface area contributed by atoms with Crippen molar-refractivity contribution in [1.82, 2.24) is 0 Å². The fourth-order valence-electron chi connectivity index (χ4n) is 6.07. The lowest BCUT2D eigenvalue weighted by atomic mass is 9.82. The van der Waals surface area contributed by atoms with E-state index in [0.29, 0.717) is 5.92 Å². The average Bonchev–Trinajstić information content (AvgIpc) is 3.26. The molecule has 0 bridgehead atoms. The fourth-order valence-corrected chi connectivity index (χ4v) is 6.07. The van der Waals surface area contributed by atoms with Crippen LogP contribution in [0.3, 0.4) is 0 Å². The van der Waals surface area contributed by atoms with Gasteiger partial charge in [0.25, 0.3) is 0 Å². The maximum Gasteiger partial charge on any atom is 0.216 e. The SMILES string of the molecule is Cc1cc(-c2c(C)ccc3c2oc2cc4c(cc23)C(C)(C)c2ccccc2-4)[n+](C)cc1C(C)C. The maximum absolute atomic E-state index is 6.69. The summed E-state index contributed by atoms with van der Waals surface area (Å²) in [5, 5.41) is 2.39. The lowest BCUT2D eigenvalue weighted by Gasteiger charge is -2.21. The van der Waals surface area contributed by atoms with Crippen LogP contribution in [0.2, 0.25) is 0 Å². The number of pyridine rings is 1. The number of nitrogens with zero attached hydrogens (tertiary/aromatic N) is 1. The second kappa shape index (κ2) is 7.06. The predicted octanol–water partition coefficient (Wildman–Crippen LogP) is 8.12. The van der Waals surface area contributed by atoms with Crippen molar-refractivity contribution in [3.63, 3.8) is 0 Å². The molecule has 0 aliphatic heterocycles. The minimum atomic E-state index is -0.0204. The van der Waals surface area contributed by atoms with Gasteiger partial charge in [-0.25, -0.2) is 4.57 Å². The number of aromatic nitrogens is 1. The van der Waals surface area contributed by atoms with Crippen LogP contribution in [0.4, 0.5) is 0 Å². The summed E-state index contributed by atoms with van der Waals surface area (Å²) in [4.78, 5) is 0. The van der Waals surface area contributed by atoms with E-state index in [9.17, 15) is 0 Å². The number of fused-ring (bicyclic) bond motifs is 6. The fraction of sp³-hybridized carbons (Fsp3) is 0.281. The Morgan fingerprint density at radius 1 is 0.824 bits per heavy atom. The third kappa shape index (κ3) is 2.78. The molecule has 0 fully saturated rings. The van der Waals surface area contributed by atoms with Crippen molar-refractivity contribution in [3.8, 4) is 22.4 Å². The van der Waals surface area contributed by atoms with Crippen LogP contribution in [0.5, 0.6) is 0 Å². The van der Waals surface area contributed by atoms with Crippen molar-refractivity contribution in [3.05, 3.63) is 88.6 Å². The van der Waals surface area contributed by atoms with Gasteiger partial charge in [-0.2, -0.15) is 0 Å². The van der Waals surface area contributed by atoms with Gasteiger partial charge in [-0.3, -0.25) is 0 Å². The van der Waals surface area contributed by atoms with Crippen molar-refractivity contribution in [2.75, 3.05) is 0 Å². The molecular formula is C32H32NO+. The van der Waals surface area contributed by atoms with Crippen LogP contribution in [0.1, 0.15) is 61.4 Å². The summed E-state index contributed by atoms with van der Waals surface area (Å²) in [5.41, 5.74) is 13.7. The smallest absolute Gasteiger partial charge is 0.216 e. The van der Waals surface area contributed by atoms with Gasteiger partial charge in [0, 0.05) is 27.8 Å². The summed E-state index contributed by atoms with van der Waals surface area (Å²) >= 11 is 0. The summed E-state index contributed by atoms with van der Waals surface area (Å²) < 4.78 is 8.95. The summed E-state index contributed by atoms with van der Waals surface area (Å²) in [6.45, 7) is 13.6. The summed E-state index contributed by atoms with van der Waals surface area (Å²) in [5.74, 6) is 0.497. The highest BCUT2D eigenvalue weighted by Crippen LogP contribution is 2.51. The first kappa shape index (κ1) is 21.2. The molecular weight excluding hydrogens is 414 g/mol. The quantitative estimate of drug-likeness (QED) is 0.250. The first-order chi connectivity index (χ1) is 16.2. The third-order valence-electron chi connectivity index (χ3n) is 7.95. The lowest BCUT2D eigenvalue weighted by Crippen LogP contribution is -2.32. The van der Waals surface area contributed by atoms with E-state index in [4.69, 9.17) is 4.42 Å². The van der Waals surface area contributed by atoms with E-state index in [-0.39, 0.29) is 5.41 Å². The van der Waals surface area contributed by atoms with Gasteiger partial charge in [-0.05, 0) is 65.3 Å². The van der Waals surface area contributed by atoms with E-state index in [0.717, 1.165) is 11.2 Å². The van der Waals surface area contributed by atoms with Crippen molar-refractivity contribution in [1.29, 1.82) is 0 Å². The van der Waals surface area contributed by atoms with Gasteiger partial charge in [0.2, 0.25) is 5.69 Å². The van der Waals surface area contributed by atoms with E-state index in [2.05, 4.69) is 114 Å². The Bertz CT molecular complexity index is 1630. The first-order valence-corrected chi connectivity index (χ1v) is 12.3. The van der Waals surface area contributed by atoms with Gasteiger partial charge in [-0.1, -0.05) is 64.1 Å². The number of furan rings is 1. The summed E-state index contributed by atoms with van der Waals surface area (Å²) in [6.07, 6.45) is 2.28. The molecule has 2 nitrogen and oxygen atoms in total. The maximum atomic E-state index is 6.69. The Labute approximate surface area is 201 Å². The molecule has 0 saturated heterocycles. The van der Waals surface area contributed by atoms with E-state index in [1.165, 1.54) is 61.0 Å². The molecule has 0 unspecified atom stereocenters. The highest BCUT2D eigenvalue weighted by molar-refractivity contribution is 6.11. The number of hydrogen-bond donors (Lipinski definition) is 0. The number of rotatable bonds is 2. The molecule has 2 heteroatoms. The molecule has 0 N–H and O–H groups in total. The third-order valence-corrected chi connectivity index (χ3v) is 7.95. The minimum Gasteiger partial charge on any atom is -0.455 e. The second-order valence-corrected chi connectivity index (χ2v) is 10.9. The molecule has 6 rings (SSSR count). The Morgan fingerprint density at radius 2 is 1.59 bits per heavy atom. The van der Waals surface area contributed by atoms with Gasteiger partial charge in [0.05, 0.1) is 5.56 Å². The van der Waals surface area contributed by atoms with Gasteiger partial charge < -0.3 is 4.42 Å². The molecule has 2 heterocycles. The largest absolute Gasteiger partial charge is 0.455 e. The Kier molecular flexibility index (Phi) is 4.39. The van der Waals surface area contributed by atoms with Crippen LogP contribution in [0.15, 0.2) is 65.2 Å². The Hall–Kier alpha value is -3.39. The van der Waals surface area contributed by atoms with Crippen molar-refractivity contribution in [2.24, 2.45) is 7.05 Å². The topological polar surface area (TPSA) is 17.0 Å². The normalized spacial score (nSPS) is 14.2.